The van der Waals surface area contributed by atoms with Crippen molar-refractivity contribution in [3.63, 3.8) is 0 Å². The minimum Gasteiger partial charge on any atom is -0.508 e. The summed E-state index contributed by atoms with van der Waals surface area (Å²) in [7, 11) is 0. The van der Waals surface area contributed by atoms with Gasteiger partial charge in [-0.1, -0.05) is 30.3 Å². The normalized spacial score (nSPS) is 21.7. The van der Waals surface area contributed by atoms with Crippen LogP contribution in [0.25, 0.3) is 22.3 Å². The van der Waals surface area contributed by atoms with Gasteiger partial charge in [-0.15, -0.1) is 0 Å². The quantitative estimate of drug-likeness (QED) is 0.112. The number of aryl methyl sites for hydroxylation is 1. The number of aliphatic hydroxyl groups is 4. The van der Waals surface area contributed by atoms with Gasteiger partial charge in [0.25, 0.3) is 0 Å². The second-order valence-electron chi connectivity index (χ2n) is 9.77. The van der Waals surface area contributed by atoms with Crippen molar-refractivity contribution in [1.29, 1.82) is 0 Å². The molecule has 0 aliphatic carbocycles. The topological polar surface area (TPSA) is 228 Å². The van der Waals surface area contributed by atoms with Gasteiger partial charge < -0.3 is 54.7 Å². The molecule has 13 heteroatoms. The molecule has 42 heavy (non-hydrogen) atoms. The Morgan fingerprint density at radius 3 is 2.21 bits per heavy atom. The van der Waals surface area contributed by atoms with Gasteiger partial charge in [-0.25, -0.2) is 4.79 Å². The summed E-state index contributed by atoms with van der Waals surface area (Å²) in [6, 6.07) is 16.0. The van der Waals surface area contributed by atoms with Gasteiger partial charge in [-0.3, -0.25) is 4.79 Å². The number of aliphatic carboxylic acids is 1. The number of phenolic OH excluding ortho intramolecular Hbond substituents is 3. The summed E-state index contributed by atoms with van der Waals surface area (Å²) in [5.74, 6) is -7.82. The molecule has 1 aliphatic rings. The van der Waals surface area contributed by atoms with Crippen molar-refractivity contribution in [3.8, 4) is 34.3 Å². The molecule has 4 atom stereocenters. The molecule has 220 valence electrons. The Kier molecular flexibility index (Phi) is 7.53. The van der Waals surface area contributed by atoms with Crippen molar-refractivity contribution < 1.29 is 59.5 Å². The standard InChI is InChI=1S/C29H26O13/c30-15-9-7-14(8-10-15)23-16(11-6-13-4-2-1-3-5-13)20(31)19-17(40-23)12-18(21(32)22(19)33)41-28-26(35)29(38,39)25(34)24(42-28)27(36)37/h1-5,7-10,12,24-26,28,30,32-35,38-39H,6,11H2,(H,36,37). The summed E-state index contributed by atoms with van der Waals surface area (Å²) < 4.78 is 16.3. The third kappa shape index (κ3) is 5.11. The number of carbonyl (C=O) groups is 1. The Balaban J connectivity index is 1.61. The van der Waals surface area contributed by atoms with Gasteiger partial charge in [0.1, 0.15) is 28.6 Å². The molecule has 1 aromatic heterocycles. The van der Waals surface area contributed by atoms with Crippen LogP contribution in [0.15, 0.2) is 69.9 Å². The van der Waals surface area contributed by atoms with Gasteiger partial charge in [0.05, 0.1) is 0 Å². The third-order valence-electron chi connectivity index (χ3n) is 7.01. The molecular weight excluding hydrogens is 556 g/mol. The van der Waals surface area contributed by atoms with Crippen LogP contribution >= 0.6 is 0 Å². The fourth-order valence-corrected chi connectivity index (χ4v) is 4.72. The maximum atomic E-state index is 13.7. The van der Waals surface area contributed by atoms with Crippen LogP contribution in [0.2, 0.25) is 0 Å². The van der Waals surface area contributed by atoms with Crippen molar-refractivity contribution >= 4 is 16.9 Å². The van der Waals surface area contributed by atoms with Crippen LogP contribution in [0.3, 0.4) is 0 Å². The molecule has 8 N–H and O–H groups in total. The number of ether oxygens (including phenoxy) is 2. The van der Waals surface area contributed by atoms with E-state index in [1.54, 1.807) is 0 Å². The second-order valence-corrected chi connectivity index (χ2v) is 9.77. The molecule has 4 unspecified atom stereocenters. The van der Waals surface area contributed by atoms with Gasteiger partial charge in [-0.2, -0.15) is 0 Å². The molecule has 0 amide bonds. The van der Waals surface area contributed by atoms with E-state index in [0.717, 1.165) is 11.6 Å². The minimum atomic E-state index is -3.40. The fraction of sp³-hybridized carbons (Fsp3) is 0.241. The second kappa shape index (κ2) is 11.0. The van der Waals surface area contributed by atoms with Crippen molar-refractivity contribution in [2.75, 3.05) is 0 Å². The van der Waals surface area contributed by atoms with Crippen molar-refractivity contribution in [1.82, 2.24) is 0 Å². The number of hydrogen-bond acceptors (Lipinski definition) is 12. The lowest BCUT2D eigenvalue weighted by Crippen LogP contribution is -2.69. The Morgan fingerprint density at radius 1 is 0.905 bits per heavy atom. The summed E-state index contributed by atoms with van der Waals surface area (Å²) in [4.78, 5) is 25.2. The number of hydrogen-bond donors (Lipinski definition) is 8. The number of carboxylic acid groups (broad SMARTS) is 1. The predicted molar refractivity (Wildman–Crippen MR) is 143 cm³/mol. The van der Waals surface area contributed by atoms with Crippen LogP contribution in [0.4, 0.5) is 0 Å². The molecule has 5 rings (SSSR count). The van der Waals surface area contributed by atoms with E-state index < -0.39 is 64.4 Å². The first-order chi connectivity index (χ1) is 19.9. The first kappa shape index (κ1) is 28.9. The molecule has 0 spiro atoms. The maximum absolute atomic E-state index is 13.7. The van der Waals surface area contributed by atoms with E-state index in [-0.39, 0.29) is 29.1 Å². The summed E-state index contributed by atoms with van der Waals surface area (Å²) in [5, 5.41) is 80.6. The van der Waals surface area contributed by atoms with Crippen LogP contribution in [0, 0.1) is 0 Å². The van der Waals surface area contributed by atoms with E-state index in [9.17, 15) is 50.4 Å². The lowest BCUT2D eigenvalue weighted by atomic mass is 9.95. The zero-order chi connectivity index (χ0) is 30.3. The monoisotopic (exact) mass is 582 g/mol. The van der Waals surface area contributed by atoms with E-state index in [4.69, 9.17) is 13.9 Å². The van der Waals surface area contributed by atoms with Crippen molar-refractivity contribution in [2.45, 2.75) is 43.2 Å². The molecule has 0 radical (unpaired) electrons. The number of benzene rings is 3. The van der Waals surface area contributed by atoms with Crippen LogP contribution < -0.4 is 10.2 Å². The number of aromatic hydroxyl groups is 3. The molecule has 2 heterocycles. The summed E-state index contributed by atoms with van der Waals surface area (Å²) >= 11 is 0. The lowest BCUT2D eigenvalue weighted by molar-refractivity contribution is -0.369. The molecule has 0 bridgehead atoms. The molecule has 3 aromatic carbocycles. The molecule has 0 saturated carbocycles. The number of rotatable bonds is 7. The highest BCUT2D eigenvalue weighted by atomic mass is 16.7. The number of aliphatic hydroxyl groups excluding tert-OH is 2. The summed E-state index contributed by atoms with van der Waals surface area (Å²) in [5.41, 5.74) is 0.511. The van der Waals surface area contributed by atoms with Crippen molar-refractivity contribution in [3.05, 3.63) is 82.0 Å². The van der Waals surface area contributed by atoms with E-state index in [1.807, 2.05) is 30.3 Å². The highest BCUT2D eigenvalue weighted by molar-refractivity contribution is 5.90. The van der Waals surface area contributed by atoms with Crippen LogP contribution in [-0.4, -0.2) is 77.2 Å². The first-order valence-electron chi connectivity index (χ1n) is 12.6. The van der Waals surface area contributed by atoms with Crippen molar-refractivity contribution in [2.24, 2.45) is 0 Å². The highest BCUT2D eigenvalue weighted by Gasteiger charge is 2.58. The highest BCUT2D eigenvalue weighted by Crippen LogP contribution is 2.44. The Bertz CT molecular complexity index is 1680. The number of carboxylic acids is 1. The van der Waals surface area contributed by atoms with Gasteiger partial charge >= 0.3 is 5.97 Å². The fourth-order valence-electron chi connectivity index (χ4n) is 4.72. The van der Waals surface area contributed by atoms with Gasteiger partial charge in [0.2, 0.25) is 17.8 Å². The summed E-state index contributed by atoms with van der Waals surface area (Å²) in [6.07, 6.45) is -8.75. The number of fused-ring (bicyclic) bond motifs is 1. The molecule has 4 aromatic rings. The Morgan fingerprint density at radius 2 is 1.57 bits per heavy atom. The van der Waals surface area contributed by atoms with E-state index in [1.165, 1.54) is 24.3 Å². The SMILES string of the molecule is O=C(O)C1OC(Oc2cc3oc(-c4ccc(O)cc4)c(CCc4ccccc4)c(=O)c3c(O)c2O)C(O)C(O)(O)C1O. The van der Waals surface area contributed by atoms with Crippen LogP contribution in [-0.2, 0) is 22.4 Å². The van der Waals surface area contributed by atoms with E-state index in [2.05, 4.69) is 0 Å². The van der Waals surface area contributed by atoms with Gasteiger partial charge in [0, 0.05) is 17.2 Å². The molecule has 1 fully saturated rings. The minimum absolute atomic E-state index is 0.0364. The Hall–Kier alpha value is -4.66. The maximum Gasteiger partial charge on any atom is 0.335 e. The van der Waals surface area contributed by atoms with E-state index >= 15 is 0 Å². The molecule has 1 aliphatic heterocycles. The molecular formula is C29H26O13. The van der Waals surface area contributed by atoms with Crippen LogP contribution in [0.1, 0.15) is 11.1 Å². The third-order valence-corrected chi connectivity index (χ3v) is 7.01. The largest absolute Gasteiger partial charge is 0.508 e. The summed E-state index contributed by atoms with van der Waals surface area (Å²) in [6.45, 7) is 0. The smallest absolute Gasteiger partial charge is 0.335 e. The van der Waals surface area contributed by atoms with Crippen LogP contribution in [0.5, 0.6) is 23.0 Å². The first-order valence-corrected chi connectivity index (χ1v) is 12.6. The van der Waals surface area contributed by atoms with Gasteiger partial charge in [0.15, 0.2) is 29.1 Å². The molecule has 1 saturated heterocycles. The Labute approximate surface area is 236 Å². The van der Waals surface area contributed by atoms with E-state index in [0.29, 0.717) is 12.0 Å². The average Bonchev–Trinajstić information content (AvgIpc) is 2.96. The average molecular weight is 583 g/mol. The predicted octanol–water partition coefficient (Wildman–Crippen LogP) is 0.953. The zero-order valence-electron chi connectivity index (χ0n) is 21.6. The van der Waals surface area contributed by atoms with Gasteiger partial charge in [-0.05, 0) is 42.7 Å². The molecule has 13 nitrogen and oxygen atoms in total. The lowest BCUT2D eigenvalue weighted by Gasteiger charge is -2.43. The zero-order valence-corrected chi connectivity index (χ0v) is 21.6. The number of phenols is 3.